The van der Waals surface area contributed by atoms with Gasteiger partial charge in [-0.25, -0.2) is 17.9 Å². The van der Waals surface area contributed by atoms with Gasteiger partial charge in [-0.2, -0.15) is 9.40 Å². The minimum atomic E-state index is -3.81. The lowest BCUT2D eigenvalue weighted by atomic mass is 9.97. The molecular formula is C18H24N8O3S. The molecule has 0 N–H and O–H groups in total. The number of fused-ring (bicyclic) bond motifs is 1. The van der Waals surface area contributed by atoms with Gasteiger partial charge in [0, 0.05) is 40.0 Å². The number of anilines is 1. The van der Waals surface area contributed by atoms with Crippen molar-refractivity contribution in [1.82, 2.24) is 33.7 Å². The number of aryl methyl sites for hydroxylation is 1. The van der Waals surface area contributed by atoms with Gasteiger partial charge in [0.1, 0.15) is 17.0 Å². The van der Waals surface area contributed by atoms with Crippen LogP contribution in [0.2, 0.25) is 0 Å². The van der Waals surface area contributed by atoms with Crippen molar-refractivity contribution < 1.29 is 13.2 Å². The van der Waals surface area contributed by atoms with Gasteiger partial charge < -0.3 is 14.2 Å². The van der Waals surface area contributed by atoms with Crippen molar-refractivity contribution in [3.63, 3.8) is 0 Å². The maximum atomic E-state index is 13.6. The summed E-state index contributed by atoms with van der Waals surface area (Å²) >= 11 is 0. The van der Waals surface area contributed by atoms with Gasteiger partial charge in [-0.05, 0) is 25.8 Å². The number of nitrogens with zero attached hydrogens (tertiary/aromatic N) is 8. The van der Waals surface area contributed by atoms with Gasteiger partial charge in [-0.15, -0.1) is 10.2 Å². The highest BCUT2D eigenvalue weighted by Gasteiger charge is 2.41. The Labute approximate surface area is 174 Å². The zero-order valence-electron chi connectivity index (χ0n) is 17.1. The van der Waals surface area contributed by atoms with Crippen molar-refractivity contribution in [3.8, 4) is 0 Å². The Kier molecular flexibility index (Phi) is 4.35. The van der Waals surface area contributed by atoms with Crippen molar-refractivity contribution in [1.29, 1.82) is 0 Å². The van der Waals surface area contributed by atoms with Crippen LogP contribution in [0.25, 0.3) is 5.65 Å². The van der Waals surface area contributed by atoms with Gasteiger partial charge in [0.25, 0.3) is 0 Å². The lowest BCUT2D eigenvalue weighted by Crippen LogP contribution is -2.61. The van der Waals surface area contributed by atoms with E-state index in [4.69, 9.17) is 4.74 Å². The van der Waals surface area contributed by atoms with Gasteiger partial charge in [0.2, 0.25) is 10.0 Å². The van der Waals surface area contributed by atoms with Gasteiger partial charge >= 0.3 is 0 Å². The van der Waals surface area contributed by atoms with Crippen molar-refractivity contribution in [3.05, 3.63) is 30.6 Å². The molecular weight excluding hydrogens is 408 g/mol. The average molecular weight is 433 g/mol. The third-order valence-electron chi connectivity index (χ3n) is 6.02. The molecule has 12 heteroatoms. The van der Waals surface area contributed by atoms with Crippen LogP contribution in [0.3, 0.4) is 0 Å². The molecule has 2 aliphatic heterocycles. The van der Waals surface area contributed by atoms with E-state index in [2.05, 4.69) is 25.2 Å². The van der Waals surface area contributed by atoms with Gasteiger partial charge in [-0.1, -0.05) is 0 Å². The molecule has 0 amide bonds. The Morgan fingerprint density at radius 1 is 1.30 bits per heavy atom. The second kappa shape index (κ2) is 6.72. The molecule has 1 atom stereocenters. The highest BCUT2D eigenvalue weighted by molar-refractivity contribution is 7.89. The highest BCUT2D eigenvalue weighted by Crippen LogP contribution is 2.36. The Bertz CT molecular complexity index is 1200. The van der Waals surface area contributed by atoms with Crippen LogP contribution in [0.4, 0.5) is 5.82 Å². The first-order valence-corrected chi connectivity index (χ1v) is 11.3. The minimum absolute atomic E-state index is 0.105. The fourth-order valence-corrected chi connectivity index (χ4v) is 5.96. The third kappa shape index (κ3) is 2.89. The zero-order valence-corrected chi connectivity index (χ0v) is 17.9. The molecule has 3 aromatic rings. The molecule has 5 heterocycles. The van der Waals surface area contributed by atoms with Crippen molar-refractivity contribution in [2.24, 2.45) is 7.05 Å². The van der Waals surface area contributed by atoms with Gasteiger partial charge in [0.05, 0.1) is 17.8 Å². The van der Waals surface area contributed by atoms with Crippen LogP contribution in [0.15, 0.2) is 29.7 Å². The highest BCUT2D eigenvalue weighted by atomic mass is 32.2. The fourth-order valence-electron chi connectivity index (χ4n) is 4.25. The molecule has 3 aromatic heterocycles. The van der Waals surface area contributed by atoms with Crippen LogP contribution in [-0.4, -0.2) is 74.4 Å². The summed E-state index contributed by atoms with van der Waals surface area (Å²) in [6.45, 7) is 3.86. The molecule has 0 spiro atoms. The van der Waals surface area contributed by atoms with Crippen LogP contribution < -0.4 is 4.90 Å². The summed E-state index contributed by atoms with van der Waals surface area (Å²) in [6, 6.07) is 1.49. The van der Waals surface area contributed by atoms with E-state index in [1.165, 1.54) is 15.0 Å². The van der Waals surface area contributed by atoms with E-state index in [1.54, 1.807) is 24.2 Å². The standard InChI is InChI=1S/C18H24N8O3S/c1-18(29-3)10-24(11-18)15-6-8-25-17(21-15)14(9-20-25)30(27,28)26-7-4-5-13(26)16-22-19-12-23(16)2/h6,8-9,12-13H,4-5,7,10-11H2,1-3H3/t13-/m1/s1. The van der Waals surface area contributed by atoms with Crippen LogP contribution >= 0.6 is 0 Å². The predicted molar refractivity (Wildman–Crippen MR) is 107 cm³/mol. The van der Waals surface area contributed by atoms with Gasteiger partial charge in [-0.3, -0.25) is 0 Å². The Hall–Kier alpha value is -2.57. The summed E-state index contributed by atoms with van der Waals surface area (Å²) in [4.78, 5) is 6.80. The molecule has 2 saturated heterocycles. The van der Waals surface area contributed by atoms with Crippen LogP contribution in [-0.2, 0) is 21.8 Å². The van der Waals surface area contributed by atoms with Crippen LogP contribution in [0.5, 0.6) is 0 Å². The molecule has 0 unspecified atom stereocenters. The maximum Gasteiger partial charge on any atom is 0.249 e. The van der Waals surface area contributed by atoms with E-state index in [-0.39, 0.29) is 16.5 Å². The first-order chi connectivity index (χ1) is 14.3. The SMILES string of the molecule is COC1(C)CN(c2ccn3ncc(S(=O)(=O)N4CCC[C@@H]4c4nncn4C)c3n2)C1. The van der Waals surface area contributed by atoms with E-state index in [0.717, 1.165) is 6.42 Å². The molecule has 2 aliphatic rings. The Morgan fingerprint density at radius 3 is 2.80 bits per heavy atom. The molecule has 2 fully saturated rings. The van der Waals surface area contributed by atoms with E-state index in [0.29, 0.717) is 43.3 Å². The zero-order chi connectivity index (χ0) is 21.1. The topological polar surface area (TPSA) is 111 Å². The van der Waals surface area contributed by atoms with E-state index in [9.17, 15) is 8.42 Å². The monoisotopic (exact) mass is 432 g/mol. The summed E-state index contributed by atoms with van der Waals surface area (Å²) in [5.41, 5.74) is 0.115. The molecule has 0 saturated carbocycles. The molecule has 30 heavy (non-hydrogen) atoms. The number of methoxy groups -OCH3 is 1. The number of hydrogen-bond acceptors (Lipinski definition) is 8. The summed E-state index contributed by atoms with van der Waals surface area (Å²) < 4.78 is 37.4. The summed E-state index contributed by atoms with van der Waals surface area (Å²) in [5, 5.41) is 12.3. The summed E-state index contributed by atoms with van der Waals surface area (Å²) in [7, 11) is -0.294. The predicted octanol–water partition coefficient (Wildman–Crippen LogP) is 0.609. The molecule has 11 nitrogen and oxygen atoms in total. The smallest absolute Gasteiger partial charge is 0.249 e. The average Bonchev–Trinajstić information content (AvgIpc) is 3.43. The number of sulfonamides is 1. The molecule has 0 radical (unpaired) electrons. The number of aromatic nitrogens is 6. The lowest BCUT2D eigenvalue weighted by molar-refractivity contribution is -0.0171. The maximum absolute atomic E-state index is 13.6. The molecule has 0 aliphatic carbocycles. The molecule has 0 bridgehead atoms. The lowest BCUT2D eigenvalue weighted by Gasteiger charge is -2.47. The van der Waals surface area contributed by atoms with E-state index < -0.39 is 10.0 Å². The Morgan fingerprint density at radius 2 is 2.10 bits per heavy atom. The van der Waals surface area contributed by atoms with Crippen molar-refractivity contribution in [2.75, 3.05) is 31.6 Å². The second-order valence-corrected chi connectivity index (χ2v) is 10.0. The number of ether oxygens (including phenoxy) is 1. The molecule has 0 aromatic carbocycles. The van der Waals surface area contributed by atoms with Crippen molar-refractivity contribution >= 4 is 21.5 Å². The van der Waals surface area contributed by atoms with Crippen molar-refractivity contribution in [2.45, 2.75) is 36.3 Å². The van der Waals surface area contributed by atoms with E-state index in [1.807, 2.05) is 20.0 Å². The first-order valence-electron chi connectivity index (χ1n) is 9.83. The number of hydrogen-bond donors (Lipinski definition) is 0. The van der Waals surface area contributed by atoms with Gasteiger partial charge in [0.15, 0.2) is 11.5 Å². The summed E-state index contributed by atoms with van der Waals surface area (Å²) in [6.07, 6.45) is 6.17. The number of rotatable bonds is 5. The first kappa shape index (κ1) is 19.4. The molecule has 160 valence electrons. The van der Waals surface area contributed by atoms with E-state index >= 15 is 0 Å². The van der Waals surface area contributed by atoms with Crippen LogP contribution in [0, 0.1) is 0 Å². The third-order valence-corrected chi connectivity index (χ3v) is 7.92. The fraction of sp³-hybridized carbons (Fsp3) is 0.556. The second-order valence-electron chi connectivity index (χ2n) is 8.15. The normalized spacial score (nSPS) is 22.0. The Balaban J connectivity index is 1.51. The summed E-state index contributed by atoms with van der Waals surface area (Å²) in [5.74, 6) is 1.35. The minimum Gasteiger partial charge on any atom is -0.375 e. The van der Waals surface area contributed by atoms with Crippen LogP contribution in [0.1, 0.15) is 31.6 Å². The largest absolute Gasteiger partial charge is 0.375 e. The quantitative estimate of drug-likeness (QED) is 0.577. The molecule has 5 rings (SSSR count).